The average Bonchev–Trinajstić information content (AvgIpc) is 3.05. The van der Waals surface area contributed by atoms with Crippen LogP contribution in [0, 0.1) is 5.92 Å². The predicted octanol–water partition coefficient (Wildman–Crippen LogP) is 4.38. The van der Waals surface area contributed by atoms with Crippen molar-refractivity contribution in [2.24, 2.45) is 5.92 Å². The Hall–Kier alpha value is -0.380. The van der Waals surface area contributed by atoms with E-state index in [0.717, 1.165) is 44.9 Å². The third-order valence-corrected chi connectivity index (χ3v) is 6.59. The van der Waals surface area contributed by atoms with E-state index in [1.807, 2.05) is 0 Å². The second-order valence-electron chi connectivity index (χ2n) is 8.93. The minimum absolute atomic E-state index is 0.0246. The Kier molecular flexibility index (Phi) is 4.44. The molecule has 0 radical (unpaired) electrons. The third-order valence-electron chi connectivity index (χ3n) is 6.59. The number of aliphatic hydroxyl groups excluding tert-OH is 1. The smallest absolute Gasteiger partial charge is 0.0947 e. The van der Waals surface area contributed by atoms with Crippen molar-refractivity contribution in [2.75, 3.05) is 0 Å². The van der Waals surface area contributed by atoms with Gasteiger partial charge in [-0.15, -0.1) is 0 Å². The van der Waals surface area contributed by atoms with Crippen LogP contribution >= 0.6 is 0 Å². The summed E-state index contributed by atoms with van der Waals surface area (Å²) in [6, 6.07) is 0. The summed E-state index contributed by atoms with van der Waals surface area (Å²) in [5.41, 5.74) is 0.966. The summed E-state index contributed by atoms with van der Waals surface area (Å²) in [6.45, 7) is 11.0. The molecule has 0 aromatic heterocycles. The number of aliphatic hydroxyl groups is 1. The van der Waals surface area contributed by atoms with Gasteiger partial charge in [0, 0.05) is 12.8 Å². The van der Waals surface area contributed by atoms with Crippen LogP contribution in [-0.4, -0.2) is 34.1 Å². The van der Waals surface area contributed by atoms with Crippen molar-refractivity contribution in [1.29, 1.82) is 0 Å². The highest BCUT2D eigenvalue weighted by molar-refractivity contribution is 5.13. The predicted molar refractivity (Wildman–Crippen MR) is 92.4 cm³/mol. The standard InChI is InChI=1S/C20H34O3/c1-14(2)20-12-17-18(4,22-17)11-7-9-15(3)8-6-10-16(21)19(5,13-20)23-20/h9,14,16-17,21H,6-8,10-13H2,1-5H3/b15-9+/t16-,17-,18+,19+,20+/m1/s1. The molecule has 0 saturated carbocycles. The molecule has 0 amide bonds. The van der Waals surface area contributed by atoms with E-state index in [4.69, 9.17) is 9.47 Å². The number of rotatable bonds is 1. The summed E-state index contributed by atoms with van der Waals surface area (Å²) in [5, 5.41) is 10.6. The van der Waals surface area contributed by atoms with Gasteiger partial charge in [-0.3, -0.25) is 0 Å². The lowest BCUT2D eigenvalue weighted by Crippen LogP contribution is -2.66. The Morgan fingerprint density at radius 1 is 1.26 bits per heavy atom. The quantitative estimate of drug-likeness (QED) is 0.575. The van der Waals surface area contributed by atoms with Crippen molar-refractivity contribution in [2.45, 2.75) is 109 Å². The Morgan fingerprint density at radius 3 is 2.61 bits per heavy atom. The lowest BCUT2D eigenvalue weighted by molar-refractivity contribution is -0.317. The molecule has 2 saturated heterocycles. The number of epoxide rings is 1. The molecular formula is C20H34O3. The van der Waals surface area contributed by atoms with Crippen molar-refractivity contribution >= 4 is 0 Å². The maximum absolute atomic E-state index is 10.6. The summed E-state index contributed by atoms with van der Waals surface area (Å²) >= 11 is 0. The second-order valence-corrected chi connectivity index (χ2v) is 8.93. The van der Waals surface area contributed by atoms with Crippen LogP contribution in [-0.2, 0) is 9.47 Å². The Morgan fingerprint density at radius 2 is 1.96 bits per heavy atom. The molecule has 0 spiro atoms. The zero-order chi connectivity index (χ0) is 16.9. The first kappa shape index (κ1) is 17.4. The fourth-order valence-corrected chi connectivity index (χ4v) is 4.58. The summed E-state index contributed by atoms with van der Waals surface area (Å²) in [5.74, 6) is 0.450. The molecule has 2 bridgehead atoms. The summed E-state index contributed by atoms with van der Waals surface area (Å²) in [7, 11) is 0. The molecular weight excluding hydrogens is 288 g/mol. The second kappa shape index (κ2) is 5.86. The van der Waals surface area contributed by atoms with E-state index in [1.165, 1.54) is 5.57 Å². The third kappa shape index (κ3) is 3.25. The average molecular weight is 322 g/mol. The van der Waals surface area contributed by atoms with Crippen molar-refractivity contribution in [3.8, 4) is 0 Å². The van der Waals surface area contributed by atoms with Crippen molar-refractivity contribution in [3.05, 3.63) is 11.6 Å². The fourth-order valence-electron chi connectivity index (χ4n) is 4.58. The molecule has 0 aromatic carbocycles. The fraction of sp³-hybridized carbons (Fsp3) is 0.900. The van der Waals surface area contributed by atoms with Gasteiger partial charge >= 0.3 is 0 Å². The van der Waals surface area contributed by atoms with E-state index in [0.29, 0.717) is 12.0 Å². The minimum atomic E-state index is -0.378. The normalized spacial score (nSPS) is 50.3. The van der Waals surface area contributed by atoms with E-state index in [9.17, 15) is 5.11 Å². The number of fused-ring (bicyclic) bond motifs is 6. The molecule has 4 rings (SSSR count). The molecule has 23 heavy (non-hydrogen) atoms. The van der Waals surface area contributed by atoms with Crippen LogP contribution in [0.25, 0.3) is 0 Å². The molecule has 3 heterocycles. The number of hydrogen-bond donors (Lipinski definition) is 1. The van der Waals surface area contributed by atoms with Gasteiger partial charge in [-0.1, -0.05) is 25.5 Å². The molecule has 132 valence electrons. The first-order valence-electron chi connectivity index (χ1n) is 9.41. The van der Waals surface area contributed by atoms with Crippen molar-refractivity contribution in [3.63, 3.8) is 0 Å². The SMILES string of the molecule is C/C1=C\CC[C@]2(C)O[C@@H]2C[C@@]2(C(C)C)C[C@](C)(O2)[C@H](O)CCC1. The Labute approximate surface area is 141 Å². The first-order chi connectivity index (χ1) is 10.7. The van der Waals surface area contributed by atoms with Crippen LogP contribution in [0.1, 0.15) is 79.6 Å². The van der Waals surface area contributed by atoms with Crippen LogP contribution in [0.4, 0.5) is 0 Å². The minimum Gasteiger partial charge on any atom is -0.390 e. The van der Waals surface area contributed by atoms with Crippen molar-refractivity contribution < 1.29 is 14.6 Å². The van der Waals surface area contributed by atoms with E-state index < -0.39 is 0 Å². The zero-order valence-electron chi connectivity index (χ0n) is 15.5. The molecule has 3 nitrogen and oxygen atoms in total. The maximum atomic E-state index is 10.6. The van der Waals surface area contributed by atoms with Gasteiger partial charge in [-0.2, -0.15) is 0 Å². The van der Waals surface area contributed by atoms with Gasteiger partial charge in [0.1, 0.15) is 0 Å². The highest BCUT2D eigenvalue weighted by atomic mass is 16.6. The topological polar surface area (TPSA) is 42.0 Å². The van der Waals surface area contributed by atoms with Crippen LogP contribution in [0.2, 0.25) is 0 Å². The number of ether oxygens (including phenoxy) is 2. The summed E-state index contributed by atoms with van der Waals surface area (Å²) in [4.78, 5) is 0. The van der Waals surface area contributed by atoms with Gasteiger partial charge in [0.15, 0.2) is 0 Å². The van der Waals surface area contributed by atoms with Crippen LogP contribution in [0.3, 0.4) is 0 Å². The van der Waals surface area contributed by atoms with E-state index >= 15 is 0 Å². The van der Waals surface area contributed by atoms with Gasteiger partial charge in [-0.05, 0) is 58.8 Å². The molecule has 0 unspecified atom stereocenters. The Balaban J connectivity index is 1.77. The van der Waals surface area contributed by atoms with Gasteiger partial charge < -0.3 is 14.6 Å². The molecule has 5 atom stereocenters. The highest BCUT2D eigenvalue weighted by Crippen LogP contribution is 2.55. The van der Waals surface area contributed by atoms with Crippen LogP contribution < -0.4 is 0 Å². The lowest BCUT2D eigenvalue weighted by atomic mass is 9.68. The summed E-state index contributed by atoms with van der Waals surface area (Å²) < 4.78 is 12.5. The van der Waals surface area contributed by atoms with Gasteiger partial charge in [0.25, 0.3) is 0 Å². The molecule has 3 aliphatic heterocycles. The molecule has 0 aromatic rings. The van der Waals surface area contributed by atoms with Gasteiger partial charge in [0.05, 0.1) is 29.0 Å². The van der Waals surface area contributed by atoms with Crippen LogP contribution in [0.15, 0.2) is 11.6 Å². The molecule has 4 aliphatic rings. The lowest BCUT2D eigenvalue weighted by Gasteiger charge is -2.59. The largest absolute Gasteiger partial charge is 0.390 e. The number of allylic oxidation sites excluding steroid dienone is 2. The molecule has 2 fully saturated rings. The maximum Gasteiger partial charge on any atom is 0.0947 e. The zero-order valence-corrected chi connectivity index (χ0v) is 15.5. The van der Waals surface area contributed by atoms with E-state index in [2.05, 4.69) is 40.7 Å². The van der Waals surface area contributed by atoms with E-state index in [1.54, 1.807) is 0 Å². The molecule has 1 N–H and O–H groups in total. The van der Waals surface area contributed by atoms with Crippen molar-refractivity contribution in [1.82, 2.24) is 0 Å². The van der Waals surface area contributed by atoms with E-state index in [-0.39, 0.29) is 22.9 Å². The Bertz CT molecular complexity index is 475. The highest BCUT2D eigenvalue weighted by Gasteiger charge is 2.63. The first-order valence-corrected chi connectivity index (χ1v) is 9.41. The van der Waals surface area contributed by atoms with Crippen LogP contribution in [0.5, 0.6) is 0 Å². The summed E-state index contributed by atoms with van der Waals surface area (Å²) in [6.07, 6.45) is 9.34. The van der Waals surface area contributed by atoms with Gasteiger partial charge in [-0.25, -0.2) is 0 Å². The molecule has 1 aliphatic carbocycles. The van der Waals surface area contributed by atoms with Gasteiger partial charge in [0.2, 0.25) is 0 Å². The molecule has 3 heteroatoms. The number of hydrogen-bond acceptors (Lipinski definition) is 3. The monoisotopic (exact) mass is 322 g/mol.